The topological polar surface area (TPSA) is 73.3 Å². The number of halogens is 1. The summed E-state index contributed by atoms with van der Waals surface area (Å²) < 4.78 is 2.87. The molecule has 156 valence electrons. The van der Waals surface area contributed by atoms with Crippen molar-refractivity contribution in [1.82, 2.24) is 9.55 Å². The van der Waals surface area contributed by atoms with Crippen LogP contribution in [0.5, 0.6) is 0 Å². The zero-order chi connectivity index (χ0) is 22.3. The summed E-state index contributed by atoms with van der Waals surface area (Å²) >= 11 is 3.67. The highest BCUT2D eigenvalue weighted by Crippen LogP contribution is 2.34. The summed E-state index contributed by atoms with van der Waals surface area (Å²) in [6.45, 7) is 8.63. The molecule has 0 saturated carbocycles. The van der Waals surface area contributed by atoms with E-state index in [1.165, 1.54) is 0 Å². The molecule has 0 unspecified atom stereocenters. The maximum absolute atomic E-state index is 12.0. The number of hydrogen-bond donors (Lipinski definition) is 1. The van der Waals surface area contributed by atoms with Gasteiger partial charge in [0.1, 0.15) is 14.4 Å². The van der Waals surface area contributed by atoms with Crippen molar-refractivity contribution in [3.05, 3.63) is 81.3 Å². The number of carbonyl (C=O) groups is 1. The third-order valence-corrected chi connectivity index (χ3v) is 6.54. The summed E-state index contributed by atoms with van der Waals surface area (Å²) in [6.07, 6.45) is 1.65. The van der Waals surface area contributed by atoms with Gasteiger partial charge in [-0.1, -0.05) is 59.7 Å². The normalized spacial score (nSPS) is 15.1. The van der Waals surface area contributed by atoms with Crippen LogP contribution in [0.1, 0.15) is 45.8 Å². The van der Waals surface area contributed by atoms with E-state index in [0.29, 0.717) is 5.69 Å². The van der Waals surface area contributed by atoms with Crippen LogP contribution in [0, 0.1) is 11.5 Å². The van der Waals surface area contributed by atoms with Crippen LogP contribution in [0.2, 0.25) is 19.6 Å². The van der Waals surface area contributed by atoms with Crippen LogP contribution in [0.25, 0.3) is 5.69 Å². The quantitative estimate of drug-likeness (QED) is 0.410. The fourth-order valence-electron chi connectivity index (χ4n) is 3.60. The summed E-state index contributed by atoms with van der Waals surface area (Å²) in [6, 6.07) is 13.8. The van der Waals surface area contributed by atoms with E-state index in [1.54, 1.807) is 6.33 Å². The average molecular weight is 491 g/mol. The largest absolute Gasteiger partial charge is 0.364 e. The van der Waals surface area contributed by atoms with Crippen LogP contribution >= 0.6 is 15.9 Å². The first-order valence-corrected chi connectivity index (χ1v) is 14.3. The van der Waals surface area contributed by atoms with Crippen molar-refractivity contribution in [2.24, 2.45) is 10.7 Å². The number of aromatic nitrogens is 2. The second kappa shape index (κ2) is 7.95. The second-order valence-corrected chi connectivity index (χ2v) is 14.2. The molecule has 2 N–H and O–H groups in total. The van der Waals surface area contributed by atoms with Crippen molar-refractivity contribution >= 4 is 35.6 Å². The fourth-order valence-corrected chi connectivity index (χ4v) is 4.60. The number of aliphatic imine (C=N–C) groups is 1. The molecule has 0 radical (unpaired) electrons. The Labute approximate surface area is 191 Å². The molecule has 1 aromatic heterocycles. The molecule has 1 aliphatic rings. The molecule has 7 heteroatoms. The number of benzene rings is 2. The van der Waals surface area contributed by atoms with E-state index >= 15 is 0 Å². The van der Waals surface area contributed by atoms with Crippen LogP contribution in [0.15, 0.2) is 58.3 Å². The van der Waals surface area contributed by atoms with Crippen molar-refractivity contribution in [1.29, 1.82) is 0 Å². The Kier molecular flexibility index (Phi) is 5.46. The number of imidazole rings is 1. The van der Waals surface area contributed by atoms with E-state index in [1.807, 2.05) is 47.9 Å². The number of nitrogens with two attached hydrogens (primary N) is 1. The molecule has 1 atom stereocenters. The molecule has 2 heterocycles. The number of primary amides is 1. The molecule has 0 saturated heterocycles. The van der Waals surface area contributed by atoms with Crippen molar-refractivity contribution in [2.75, 3.05) is 0 Å². The maximum atomic E-state index is 12.0. The predicted molar refractivity (Wildman–Crippen MR) is 131 cm³/mol. The number of fused-ring (bicyclic) bond motifs is 3. The summed E-state index contributed by atoms with van der Waals surface area (Å²) in [4.78, 5) is 21.3. The van der Waals surface area contributed by atoms with Gasteiger partial charge in [-0.15, -0.1) is 5.54 Å². The highest BCUT2D eigenvalue weighted by molar-refractivity contribution is 9.10. The van der Waals surface area contributed by atoms with Crippen LogP contribution in [-0.2, 0) is 0 Å². The lowest BCUT2D eigenvalue weighted by Crippen LogP contribution is -2.16. The van der Waals surface area contributed by atoms with Crippen LogP contribution < -0.4 is 5.73 Å². The molecular formula is C24H23BrN4OSi. The first kappa shape index (κ1) is 21.3. The number of amides is 1. The minimum Gasteiger partial charge on any atom is -0.364 e. The summed E-state index contributed by atoms with van der Waals surface area (Å²) in [5.74, 6) is 2.79. The van der Waals surface area contributed by atoms with E-state index in [0.717, 1.165) is 32.6 Å². The Balaban J connectivity index is 2.02. The van der Waals surface area contributed by atoms with Gasteiger partial charge in [0.05, 0.1) is 23.1 Å². The van der Waals surface area contributed by atoms with Crippen LogP contribution in [0.3, 0.4) is 0 Å². The standard InChI is InChI=1S/C24H23BrN4OSi/c1-15-23-22(24(26)30)27-14-29(23)20-10-9-16(11-12-31(2,3)4)13-18(20)21(28-15)17-7-5-6-8-19(17)25/h5-10,13-15H,1-4H3,(H2,26,30)/t15-/m1/s1. The predicted octanol–water partition coefficient (Wildman–Crippen LogP) is 4.87. The molecular weight excluding hydrogens is 468 g/mol. The zero-order valence-electron chi connectivity index (χ0n) is 17.9. The van der Waals surface area contributed by atoms with Gasteiger partial charge in [-0.25, -0.2) is 4.98 Å². The molecule has 2 aromatic carbocycles. The van der Waals surface area contributed by atoms with Crippen molar-refractivity contribution < 1.29 is 4.79 Å². The van der Waals surface area contributed by atoms with Gasteiger partial charge < -0.3 is 5.73 Å². The first-order chi connectivity index (χ1) is 14.7. The van der Waals surface area contributed by atoms with Crippen LogP contribution in [0.4, 0.5) is 0 Å². The molecule has 3 aromatic rings. The smallest absolute Gasteiger partial charge is 0.269 e. The second-order valence-electron chi connectivity index (χ2n) is 8.58. The number of hydrogen-bond acceptors (Lipinski definition) is 3. The zero-order valence-corrected chi connectivity index (χ0v) is 20.5. The van der Waals surface area contributed by atoms with Gasteiger partial charge in [0.25, 0.3) is 5.91 Å². The van der Waals surface area contributed by atoms with Gasteiger partial charge in [0, 0.05) is 21.2 Å². The molecule has 1 amide bonds. The van der Waals surface area contributed by atoms with E-state index in [-0.39, 0.29) is 11.7 Å². The molecule has 31 heavy (non-hydrogen) atoms. The van der Waals surface area contributed by atoms with E-state index in [4.69, 9.17) is 10.7 Å². The highest BCUT2D eigenvalue weighted by atomic mass is 79.9. The molecule has 5 nitrogen and oxygen atoms in total. The lowest BCUT2D eigenvalue weighted by Gasteiger charge is -2.13. The summed E-state index contributed by atoms with van der Waals surface area (Å²) in [7, 11) is -1.52. The maximum Gasteiger partial charge on any atom is 0.269 e. The lowest BCUT2D eigenvalue weighted by atomic mass is 9.98. The molecule has 1 aliphatic heterocycles. The molecule has 0 aliphatic carbocycles. The SMILES string of the molecule is C[C@H]1N=C(c2ccccc2Br)c2cc(C#C[Si](C)(C)C)ccc2-n2cnc(C(N)=O)c21. The first-order valence-electron chi connectivity index (χ1n) is 10.0. The van der Waals surface area contributed by atoms with E-state index in [2.05, 4.69) is 58.1 Å². The minimum atomic E-state index is -1.52. The third kappa shape index (κ3) is 4.14. The van der Waals surface area contributed by atoms with Crippen molar-refractivity contribution in [2.45, 2.75) is 32.6 Å². The highest BCUT2D eigenvalue weighted by Gasteiger charge is 2.28. The number of nitrogens with zero attached hydrogens (tertiary/aromatic N) is 3. The molecule has 0 bridgehead atoms. The summed E-state index contributed by atoms with van der Waals surface area (Å²) in [5.41, 5.74) is 14.6. The van der Waals surface area contributed by atoms with Gasteiger partial charge in [-0.05, 0) is 31.2 Å². The van der Waals surface area contributed by atoms with Crippen molar-refractivity contribution in [3.8, 4) is 17.2 Å². The monoisotopic (exact) mass is 490 g/mol. The fraction of sp³-hybridized carbons (Fsp3) is 0.208. The van der Waals surface area contributed by atoms with Crippen molar-refractivity contribution in [3.63, 3.8) is 0 Å². The number of rotatable bonds is 2. The van der Waals surface area contributed by atoms with E-state index in [9.17, 15) is 4.79 Å². The van der Waals surface area contributed by atoms with Gasteiger partial charge in [0.15, 0.2) is 5.69 Å². The summed E-state index contributed by atoms with van der Waals surface area (Å²) in [5, 5.41) is 0. The molecule has 4 rings (SSSR count). The van der Waals surface area contributed by atoms with Gasteiger partial charge in [0.2, 0.25) is 0 Å². The van der Waals surface area contributed by atoms with Gasteiger partial charge in [-0.2, -0.15) is 0 Å². The Morgan fingerprint density at radius 3 is 2.58 bits per heavy atom. The Morgan fingerprint density at radius 1 is 1.16 bits per heavy atom. The number of carbonyl (C=O) groups excluding carboxylic acids is 1. The Bertz CT molecular complexity index is 1290. The minimum absolute atomic E-state index is 0.248. The van der Waals surface area contributed by atoms with Gasteiger partial charge in [-0.3, -0.25) is 14.4 Å². The Morgan fingerprint density at radius 2 is 1.90 bits per heavy atom. The van der Waals surface area contributed by atoms with E-state index < -0.39 is 14.0 Å². The Hall–Kier alpha value is -2.95. The average Bonchev–Trinajstić information content (AvgIpc) is 3.11. The van der Waals surface area contributed by atoms with Gasteiger partial charge >= 0.3 is 0 Å². The molecule has 0 spiro atoms. The lowest BCUT2D eigenvalue weighted by molar-refractivity contribution is 0.0994. The third-order valence-electron chi connectivity index (χ3n) is 4.98. The molecule has 0 fully saturated rings. The van der Waals surface area contributed by atoms with Crippen LogP contribution in [-0.4, -0.2) is 29.2 Å².